The smallest absolute Gasteiger partial charge is 0.333 e. The van der Waals surface area contributed by atoms with Crippen LogP contribution >= 0.6 is 0 Å². The topological polar surface area (TPSA) is 74.3 Å². The number of carbonyl (C=O) groups excluding carboxylic acids is 2. The van der Waals surface area contributed by atoms with Crippen molar-refractivity contribution < 1.29 is 14.3 Å². The number of nitrogens with two attached hydrogens (primary N) is 1. The van der Waals surface area contributed by atoms with Gasteiger partial charge in [-0.15, -0.1) is 0 Å². The zero-order valence-electron chi connectivity index (χ0n) is 13.3. The molecule has 5 heteroatoms. The summed E-state index contributed by atoms with van der Waals surface area (Å²) in [5.74, 6) is -0.778. The molecular weight excluding hydrogens is 304 g/mol. The van der Waals surface area contributed by atoms with Crippen molar-refractivity contribution in [3.05, 3.63) is 71.9 Å². The van der Waals surface area contributed by atoms with E-state index in [9.17, 15) is 9.59 Å². The van der Waals surface area contributed by atoms with Gasteiger partial charge >= 0.3 is 5.97 Å². The van der Waals surface area contributed by atoms with E-state index in [-0.39, 0.29) is 12.4 Å². The molecule has 1 aromatic heterocycles. The molecular formula is C19H18N2O3. The Hall–Kier alpha value is -3.08. The number of hydrogen-bond acceptors (Lipinski definition) is 3. The lowest BCUT2D eigenvalue weighted by molar-refractivity contribution is -0.143. The number of aromatic nitrogens is 1. The first-order chi connectivity index (χ1) is 11.6. The molecule has 1 atom stereocenters. The molecule has 3 aromatic rings. The molecule has 5 nitrogen and oxygen atoms in total. The van der Waals surface area contributed by atoms with Crippen LogP contribution < -0.4 is 5.73 Å². The van der Waals surface area contributed by atoms with Gasteiger partial charge in [0.15, 0.2) is 6.04 Å². The highest BCUT2D eigenvalue weighted by Gasteiger charge is 2.25. The Kier molecular flexibility index (Phi) is 4.33. The van der Waals surface area contributed by atoms with Crippen molar-refractivity contribution in [3.8, 4) is 0 Å². The van der Waals surface area contributed by atoms with Gasteiger partial charge < -0.3 is 15.0 Å². The van der Waals surface area contributed by atoms with Crippen LogP contribution in [0.3, 0.4) is 0 Å². The van der Waals surface area contributed by atoms with Gasteiger partial charge in [-0.2, -0.15) is 0 Å². The quantitative estimate of drug-likeness (QED) is 0.733. The highest BCUT2D eigenvalue weighted by Crippen LogP contribution is 2.29. The van der Waals surface area contributed by atoms with Gasteiger partial charge in [0, 0.05) is 17.1 Å². The molecule has 0 aliphatic rings. The second-order valence-electron chi connectivity index (χ2n) is 5.56. The van der Waals surface area contributed by atoms with Crippen molar-refractivity contribution in [2.45, 2.75) is 12.5 Å². The predicted molar refractivity (Wildman–Crippen MR) is 91.4 cm³/mol. The van der Waals surface area contributed by atoms with Gasteiger partial charge in [0.2, 0.25) is 5.91 Å². The molecule has 2 N–H and O–H groups in total. The molecule has 1 amide bonds. The average molecular weight is 322 g/mol. The summed E-state index contributed by atoms with van der Waals surface area (Å²) in [5, 5.41) is 0.904. The van der Waals surface area contributed by atoms with Crippen molar-refractivity contribution in [1.29, 1.82) is 0 Å². The van der Waals surface area contributed by atoms with Crippen LogP contribution in [-0.4, -0.2) is 23.6 Å². The number of methoxy groups -OCH3 is 1. The molecule has 3 rings (SSSR count). The van der Waals surface area contributed by atoms with E-state index in [1.807, 2.05) is 65.4 Å². The molecule has 0 aliphatic carbocycles. The number of nitrogens with zero attached hydrogens (tertiary/aromatic N) is 1. The minimum atomic E-state index is -0.622. The minimum Gasteiger partial charge on any atom is -0.467 e. The van der Waals surface area contributed by atoms with Crippen molar-refractivity contribution in [3.63, 3.8) is 0 Å². The molecule has 1 unspecified atom stereocenters. The number of primary amides is 1. The van der Waals surface area contributed by atoms with E-state index in [1.54, 1.807) is 0 Å². The van der Waals surface area contributed by atoms with Crippen LogP contribution in [0.5, 0.6) is 0 Å². The van der Waals surface area contributed by atoms with Crippen LogP contribution in [0.25, 0.3) is 10.9 Å². The van der Waals surface area contributed by atoms with Gasteiger partial charge in [0.25, 0.3) is 0 Å². The summed E-state index contributed by atoms with van der Waals surface area (Å²) in [7, 11) is 1.37. The van der Waals surface area contributed by atoms with Crippen LogP contribution in [0, 0.1) is 0 Å². The summed E-state index contributed by atoms with van der Waals surface area (Å²) in [6.07, 6.45) is 1.93. The molecule has 0 aliphatic heterocycles. The summed E-state index contributed by atoms with van der Waals surface area (Å²) in [5.41, 5.74) is 7.82. The molecule has 24 heavy (non-hydrogen) atoms. The predicted octanol–water partition coefficient (Wildman–Crippen LogP) is 2.43. The van der Waals surface area contributed by atoms with E-state index in [0.717, 1.165) is 22.0 Å². The van der Waals surface area contributed by atoms with Gasteiger partial charge in [0.1, 0.15) is 0 Å². The maximum atomic E-state index is 12.5. The Morgan fingerprint density at radius 1 is 1.08 bits per heavy atom. The van der Waals surface area contributed by atoms with Crippen molar-refractivity contribution in [2.24, 2.45) is 5.73 Å². The van der Waals surface area contributed by atoms with Crippen molar-refractivity contribution >= 4 is 22.8 Å². The number of fused-ring (bicyclic) bond motifs is 1. The number of amides is 1. The lowest BCUT2D eigenvalue weighted by atomic mass is 10.1. The lowest BCUT2D eigenvalue weighted by Gasteiger charge is -2.18. The molecule has 0 spiro atoms. The Morgan fingerprint density at radius 3 is 2.42 bits per heavy atom. The van der Waals surface area contributed by atoms with E-state index < -0.39 is 11.9 Å². The summed E-state index contributed by atoms with van der Waals surface area (Å²) < 4.78 is 6.85. The Labute approximate surface area is 139 Å². The molecule has 0 bridgehead atoms. The van der Waals surface area contributed by atoms with Crippen LogP contribution in [0.1, 0.15) is 17.2 Å². The van der Waals surface area contributed by atoms with Crippen molar-refractivity contribution in [1.82, 2.24) is 4.57 Å². The van der Waals surface area contributed by atoms with E-state index >= 15 is 0 Å². The van der Waals surface area contributed by atoms with E-state index in [1.165, 1.54) is 7.11 Å². The van der Waals surface area contributed by atoms with Crippen LogP contribution in [0.2, 0.25) is 0 Å². The maximum Gasteiger partial charge on any atom is 0.333 e. The van der Waals surface area contributed by atoms with Gasteiger partial charge in [-0.1, -0.05) is 48.5 Å². The summed E-state index contributed by atoms with van der Waals surface area (Å²) in [6.45, 7) is 0. The fourth-order valence-corrected chi connectivity index (χ4v) is 2.98. The standard InChI is InChI=1S/C19H18N2O3/c1-24-19(23)18(13-7-3-2-4-8-13)21-12-14(11-17(20)22)15-9-5-6-10-16(15)21/h2-10,12,18H,11H2,1H3,(H2,20,22). The average Bonchev–Trinajstić information content (AvgIpc) is 2.94. The molecule has 122 valence electrons. The van der Waals surface area contributed by atoms with Gasteiger partial charge in [0.05, 0.1) is 13.5 Å². The third-order valence-corrected chi connectivity index (χ3v) is 4.01. The number of para-hydroxylation sites is 1. The highest BCUT2D eigenvalue weighted by atomic mass is 16.5. The normalized spacial score (nSPS) is 12.0. The molecule has 1 heterocycles. The maximum absolute atomic E-state index is 12.5. The van der Waals surface area contributed by atoms with Crippen LogP contribution in [0.15, 0.2) is 60.8 Å². The van der Waals surface area contributed by atoms with E-state index in [2.05, 4.69) is 0 Å². The van der Waals surface area contributed by atoms with Crippen molar-refractivity contribution in [2.75, 3.05) is 7.11 Å². The zero-order valence-corrected chi connectivity index (χ0v) is 13.3. The second-order valence-corrected chi connectivity index (χ2v) is 5.56. The van der Waals surface area contributed by atoms with Gasteiger partial charge in [-0.25, -0.2) is 4.79 Å². The highest BCUT2D eigenvalue weighted by molar-refractivity contribution is 5.91. The molecule has 0 saturated heterocycles. The van der Waals surface area contributed by atoms with Gasteiger partial charge in [-0.05, 0) is 17.2 Å². The first-order valence-corrected chi connectivity index (χ1v) is 7.61. The van der Waals surface area contributed by atoms with Crippen LogP contribution in [0.4, 0.5) is 0 Å². The molecule has 0 saturated carbocycles. The third kappa shape index (κ3) is 2.88. The largest absolute Gasteiger partial charge is 0.467 e. The fourth-order valence-electron chi connectivity index (χ4n) is 2.98. The van der Waals surface area contributed by atoms with Crippen LogP contribution in [-0.2, 0) is 20.7 Å². The zero-order chi connectivity index (χ0) is 17.1. The Bertz CT molecular complexity index is 884. The minimum absolute atomic E-state index is 0.121. The SMILES string of the molecule is COC(=O)C(c1ccccc1)n1cc(CC(N)=O)c2ccccc21. The summed E-state index contributed by atoms with van der Waals surface area (Å²) in [6, 6.07) is 16.4. The van der Waals surface area contributed by atoms with Gasteiger partial charge in [-0.3, -0.25) is 4.79 Å². The first-order valence-electron chi connectivity index (χ1n) is 7.61. The fraction of sp³-hybridized carbons (Fsp3) is 0.158. The molecule has 0 radical (unpaired) electrons. The number of ether oxygens (including phenoxy) is 1. The number of benzene rings is 2. The summed E-state index contributed by atoms with van der Waals surface area (Å²) in [4.78, 5) is 23.8. The number of rotatable bonds is 5. The third-order valence-electron chi connectivity index (χ3n) is 4.01. The molecule has 0 fully saturated rings. The lowest BCUT2D eigenvalue weighted by Crippen LogP contribution is -2.21. The number of esters is 1. The summed E-state index contributed by atoms with van der Waals surface area (Å²) >= 11 is 0. The second kappa shape index (κ2) is 6.58. The molecule has 2 aromatic carbocycles. The monoisotopic (exact) mass is 322 g/mol. The number of carbonyl (C=O) groups is 2. The number of hydrogen-bond donors (Lipinski definition) is 1. The first kappa shape index (κ1) is 15.8. The Balaban J connectivity index is 2.21. The Morgan fingerprint density at radius 2 is 1.75 bits per heavy atom. The van der Waals surface area contributed by atoms with E-state index in [4.69, 9.17) is 10.5 Å². The van der Waals surface area contributed by atoms with E-state index in [0.29, 0.717) is 0 Å².